The van der Waals surface area contributed by atoms with Crippen LogP contribution in [0.25, 0.3) is 0 Å². The molecule has 0 aliphatic carbocycles. The molecule has 8 nitrogen and oxygen atoms in total. The highest BCUT2D eigenvalue weighted by atomic mass is 16.7. The standard InChI is InChI=1S/C15H30N4O4/c1-14(2,3)17(7)19(21)16-23-12-9-8-10-18(11-12)13(20)22-15(4,5)6/h12H,8-11H2,1-7H3/b19-16+. The zero-order valence-electron chi connectivity index (χ0n) is 15.3. The molecule has 1 saturated heterocycles. The van der Waals surface area contributed by atoms with Crippen LogP contribution in [0.5, 0.6) is 0 Å². The fourth-order valence-electron chi connectivity index (χ4n) is 1.93. The molecular weight excluding hydrogens is 300 g/mol. The molecule has 1 heterocycles. The molecule has 134 valence electrons. The fourth-order valence-corrected chi connectivity index (χ4v) is 1.93. The number of ether oxygens (including phenoxy) is 1. The van der Waals surface area contributed by atoms with Crippen molar-refractivity contribution < 1.29 is 19.3 Å². The second-order valence-electron chi connectivity index (χ2n) is 7.82. The Kier molecular flexibility index (Phi) is 6.07. The van der Waals surface area contributed by atoms with E-state index >= 15 is 0 Å². The van der Waals surface area contributed by atoms with Gasteiger partial charge in [0, 0.05) is 6.54 Å². The third-order valence-electron chi connectivity index (χ3n) is 3.52. The number of rotatable bonds is 3. The minimum absolute atomic E-state index is 0.305. The van der Waals surface area contributed by atoms with E-state index in [1.807, 2.05) is 41.5 Å². The molecule has 1 aliphatic rings. The number of hydrazine groups is 1. The smallest absolute Gasteiger partial charge is 0.410 e. The number of hydrogen-bond donors (Lipinski definition) is 0. The van der Waals surface area contributed by atoms with Crippen molar-refractivity contribution in [2.75, 3.05) is 20.1 Å². The summed E-state index contributed by atoms with van der Waals surface area (Å²) in [6.07, 6.45) is 0.862. The number of piperidine rings is 1. The maximum atomic E-state index is 12.1. The molecule has 0 aromatic rings. The molecule has 1 unspecified atom stereocenters. The zero-order valence-corrected chi connectivity index (χ0v) is 15.3. The van der Waals surface area contributed by atoms with Crippen LogP contribution in [0.1, 0.15) is 54.4 Å². The van der Waals surface area contributed by atoms with E-state index in [4.69, 9.17) is 9.57 Å². The maximum absolute atomic E-state index is 12.1. The van der Waals surface area contributed by atoms with E-state index in [1.54, 1.807) is 11.9 Å². The molecule has 0 bridgehead atoms. The molecular formula is C15H30N4O4. The summed E-state index contributed by atoms with van der Waals surface area (Å²) in [5, 5.41) is 16.9. The Morgan fingerprint density at radius 3 is 2.43 bits per heavy atom. The van der Waals surface area contributed by atoms with Crippen LogP contribution in [0.4, 0.5) is 4.79 Å². The number of likely N-dealkylation sites (tertiary alicyclic amines) is 1. The first-order valence-electron chi connectivity index (χ1n) is 7.96. The van der Waals surface area contributed by atoms with Crippen LogP contribution >= 0.6 is 0 Å². The molecule has 23 heavy (non-hydrogen) atoms. The fraction of sp³-hybridized carbons (Fsp3) is 0.933. The van der Waals surface area contributed by atoms with Gasteiger partial charge >= 0.3 is 6.09 Å². The van der Waals surface area contributed by atoms with Crippen molar-refractivity contribution in [3.05, 3.63) is 5.21 Å². The first kappa shape index (κ1) is 19.3. The molecule has 1 atom stereocenters. The average Bonchev–Trinajstić information content (AvgIpc) is 2.41. The van der Waals surface area contributed by atoms with Gasteiger partial charge in [0.1, 0.15) is 5.60 Å². The van der Waals surface area contributed by atoms with Crippen molar-refractivity contribution in [1.82, 2.24) is 9.91 Å². The molecule has 0 spiro atoms. The first-order chi connectivity index (χ1) is 10.4. The topological polar surface area (TPSA) is 80.4 Å². The Hall–Kier alpha value is -1.73. The van der Waals surface area contributed by atoms with E-state index in [0.717, 1.165) is 12.8 Å². The number of amides is 1. The lowest BCUT2D eigenvalue weighted by Crippen LogP contribution is -2.45. The molecule has 0 N–H and O–H groups in total. The molecule has 8 heteroatoms. The molecule has 1 amide bonds. The Morgan fingerprint density at radius 1 is 1.30 bits per heavy atom. The Bertz CT molecular complexity index is 440. The van der Waals surface area contributed by atoms with E-state index in [2.05, 4.69) is 5.28 Å². The lowest BCUT2D eigenvalue weighted by molar-refractivity contribution is -0.720. The van der Waals surface area contributed by atoms with Gasteiger partial charge < -0.3 is 19.7 Å². The lowest BCUT2D eigenvalue weighted by Gasteiger charge is -2.32. The number of carbonyl (C=O) groups is 1. The number of nitrogens with zero attached hydrogens (tertiary/aromatic N) is 4. The van der Waals surface area contributed by atoms with E-state index in [0.29, 0.717) is 18.1 Å². The largest absolute Gasteiger partial charge is 0.569 e. The van der Waals surface area contributed by atoms with Gasteiger partial charge in [0.2, 0.25) is 5.28 Å². The van der Waals surface area contributed by atoms with Crippen LogP contribution in [0.15, 0.2) is 5.28 Å². The van der Waals surface area contributed by atoms with Crippen molar-refractivity contribution in [2.24, 2.45) is 5.28 Å². The maximum Gasteiger partial charge on any atom is 0.410 e. The predicted molar refractivity (Wildman–Crippen MR) is 85.5 cm³/mol. The van der Waals surface area contributed by atoms with Crippen molar-refractivity contribution in [1.29, 1.82) is 0 Å². The monoisotopic (exact) mass is 330 g/mol. The molecule has 1 fully saturated rings. The van der Waals surface area contributed by atoms with Crippen molar-refractivity contribution in [2.45, 2.75) is 71.6 Å². The van der Waals surface area contributed by atoms with E-state index in [1.165, 1.54) is 5.01 Å². The Morgan fingerprint density at radius 2 is 1.91 bits per heavy atom. The summed E-state index contributed by atoms with van der Waals surface area (Å²) < 4.78 is 5.35. The van der Waals surface area contributed by atoms with Crippen LogP contribution in [0, 0.1) is 5.21 Å². The average molecular weight is 330 g/mol. The van der Waals surface area contributed by atoms with Crippen LogP contribution < -0.4 is 0 Å². The molecule has 0 radical (unpaired) electrons. The van der Waals surface area contributed by atoms with Gasteiger partial charge in [0.15, 0.2) is 6.10 Å². The highest BCUT2D eigenvalue weighted by Gasteiger charge is 2.30. The normalized spacial score (nSPS) is 20.2. The van der Waals surface area contributed by atoms with E-state index in [-0.39, 0.29) is 17.7 Å². The van der Waals surface area contributed by atoms with Crippen molar-refractivity contribution >= 4 is 6.09 Å². The zero-order chi connectivity index (χ0) is 17.8. The quantitative estimate of drug-likeness (QED) is 0.451. The second kappa shape index (κ2) is 7.23. The summed E-state index contributed by atoms with van der Waals surface area (Å²) in [7, 11) is 1.65. The minimum atomic E-state index is -0.531. The minimum Gasteiger partial charge on any atom is -0.569 e. The van der Waals surface area contributed by atoms with Crippen molar-refractivity contribution in [3.8, 4) is 0 Å². The van der Waals surface area contributed by atoms with Gasteiger partial charge in [-0.2, -0.15) is 0 Å². The van der Waals surface area contributed by atoms with Gasteiger partial charge in [-0.05, 0) is 54.4 Å². The summed E-state index contributed by atoms with van der Waals surface area (Å²) in [6, 6.07) is 0. The summed E-state index contributed by atoms with van der Waals surface area (Å²) in [5.41, 5.74) is -0.889. The molecule has 0 aromatic carbocycles. The summed E-state index contributed by atoms with van der Waals surface area (Å²) in [4.78, 5) is 19.4. The second-order valence-corrected chi connectivity index (χ2v) is 7.82. The third kappa shape index (κ3) is 6.50. The van der Waals surface area contributed by atoms with E-state index in [9.17, 15) is 10.0 Å². The van der Waals surface area contributed by atoms with Gasteiger partial charge in [-0.15, -0.1) is 5.01 Å². The Balaban J connectivity index is 2.58. The van der Waals surface area contributed by atoms with Gasteiger partial charge in [-0.1, -0.05) is 0 Å². The molecule has 0 aromatic heterocycles. The summed E-state index contributed by atoms with van der Waals surface area (Å²) >= 11 is 0. The molecule has 1 rings (SSSR count). The van der Waals surface area contributed by atoms with Crippen LogP contribution in [0.3, 0.4) is 0 Å². The Labute approximate surface area is 138 Å². The number of carbonyl (C=O) groups excluding carboxylic acids is 1. The SMILES string of the molecule is CN(/[N+]([O-])=N\OC1CCCN(C(=O)OC(C)(C)C)C1)C(C)(C)C. The van der Waals surface area contributed by atoms with Gasteiger partial charge in [-0.25, -0.2) is 4.79 Å². The van der Waals surface area contributed by atoms with Crippen LogP contribution in [-0.4, -0.2) is 58.4 Å². The lowest BCUT2D eigenvalue weighted by atomic mass is 10.1. The predicted octanol–water partition coefficient (Wildman–Crippen LogP) is 2.93. The van der Waals surface area contributed by atoms with Crippen LogP contribution in [0.2, 0.25) is 0 Å². The highest BCUT2D eigenvalue weighted by molar-refractivity contribution is 5.68. The molecule has 0 saturated carbocycles. The summed E-state index contributed by atoms with van der Waals surface area (Å²) in [5.74, 6) is 0. The van der Waals surface area contributed by atoms with Gasteiger partial charge in [0.05, 0.1) is 24.1 Å². The van der Waals surface area contributed by atoms with Gasteiger partial charge in [-0.3, -0.25) is 0 Å². The first-order valence-corrected chi connectivity index (χ1v) is 7.96. The highest BCUT2D eigenvalue weighted by Crippen LogP contribution is 2.18. The van der Waals surface area contributed by atoms with Crippen molar-refractivity contribution in [3.63, 3.8) is 0 Å². The summed E-state index contributed by atoms with van der Waals surface area (Å²) in [6.45, 7) is 12.2. The third-order valence-corrected chi connectivity index (χ3v) is 3.52. The number of hydrogen-bond acceptors (Lipinski definition) is 5. The van der Waals surface area contributed by atoms with Crippen LogP contribution in [-0.2, 0) is 9.57 Å². The van der Waals surface area contributed by atoms with Gasteiger partial charge in [0.25, 0.3) is 0 Å². The van der Waals surface area contributed by atoms with E-state index < -0.39 is 5.60 Å². The molecule has 1 aliphatic heterocycles.